The Labute approximate surface area is 135 Å². The number of benzene rings is 1. The SMILES string of the molecule is O=C(NCc1cccc(OCc2ccccn2)c1)C1CCCO1. The molecule has 0 spiro atoms. The van der Waals surface area contributed by atoms with Crippen molar-refractivity contribution in [2.45, 2.75) is 32.1 Å². The van der Waals surface area contributed by atoms with Crippen LogP contribution in [0.25, 0.3) is 0 Å². The molecule has 1 aliphatic heterocycles. The van der Waals surface area contributed by atoms with Crippen LogP contribution in [0.5, 0.6) is 5.75 Å². The van der Waals surface area contributed by atoms with Crippen molar-refractivity contribution in [2.75, 3.05) is 6.61 Å². The number of hydrogen-bond donors (Lipinski definition) is 1. The van der Waals surface area contributed by atoms with E-state index in [0.717, 1.165) is 29.8 Å². The lowest BCUT2D eigenvalue weighted by atomic mass is 10.2. The van der Waals surface area contributed by atoms with Gasteiger partial charge in [-0.25, -0.2) is 0 Å². The fourth-order valence-electron chi connectivity index (χ4n) is 2.47. The van der Waals surface area contributed by atoms with Gasteiger partial charge in [0.25, 0.3) is 0 Å². The zero-order chi connectivity index (χ0) is 15.9. The lowest BCUT2D eigenvalue weighted by Gasteiger charge is -2.11. The number of carbonyl (C=O) groups excluding carboxylic acids is 1. The molecule has 1 aromatic heterocycles. The van der Waals surface area contributed by atoms with E-state index in [-0.39, 0.29) is 12.0 Å². The van der Waals surface area contributed by atoms with Gasteiger partial charge in [-0.2, -0.15) is 0 Å². The molecule has 1 aromatic carbocycles. The maximum atomic E-state index is 11.9. The molecule has 5 nitrogen and oxygen atoms in total. The van der Waals surface area contributed by atoms with Crippen molar-refractivity contribution in [3.63, 3.8) is 0 Å². The van der Waals surface area contributed by atoms with Crippen LogP contribution in [0.3, 0.4) is 0 Å². The summed E-state index contributed by atoms with van der Waals surface area (Å²) in [6.07, 6.45) is 3.21. The third kappa shape index (κ3) is 4.53. The summed E-state index contributed by atoms with van der Waals surface area (Å²) < 4.78 is 11.1. The van der Waals surface area contributed by atoms with Gasteiger partial charge in [-0.3, -0.25) is 9.78 Å². The number of hydrogen-bond acceptors (Lipinski definition) is 4. The van der Waals surface area contributed by atoms with Crippen LogP contribution in [0.15, 0.2) is 48.7 Å². The minimum Gasteiger partial charge on any atom is -0.487 e. The Kier molecular flexibility index (Phi) is 5.21. The summed E-state index contributed by atoms with van der Waals surface area (Å²) in [6.45, 7) is 1.57. The molecule has 23 heavy (non-hydrogen) atoms. The number of aromatic nitrogens is 1. The number of rotatable bonds is 6. The molecule has 2 heterocycles. The highest BCUT2D eigenvalue weighted by Crippen LogP contribution is 2.16. The average molecular weight is 312 g/mol. The normalized spacial score (nSPS) is 17.0. The van der Waals surface area contributed by atoms with Crippen molar-refractivity contribution in [1.82, 2.24) is 10.3 Å². The molecule has 1 N–H and O–H groups in total. The van der Waals surface area contributed by atoms with Crippen LogP contribution in [0, 0.1) is 0 Å². The largest absolute Gasteiger partial charge is 0.487 e. The number of ether oxygens (including phenoxy) is 2. The first-order valence-corrected chi connectivity index (χ1v) is 7.82. The fraction of sp³-hybridized carbons (Fsp3) is 0.333. The standard InChI is InChI=1S/C18H20N2O3/c21-18(17-8-4-10-22-17)20-12-14-5-3-7-16(11-14)23-13-15-6-1-2-9-19-15/h1-3,5-7,9,11,17H,4,8,10,12-13H2,(H,20,21). The van der Waals surface area contributed by atoms with Gasteiger partial charge in [0.1, 0.15) is 18.5 Å². The second-order valence-electron chi connectivity index (χ2n) is 5.48. The van der Waals surface area contributed by atoms with Crippen molar-refractivity contribution < 1.29 is 14.3 Å². The molecule has 1 atom stereocenters. The summed E-state index contributed by atoms with van der Waals surface area (Å²) in [5.74, 6) is 0.724. The van der Waals surface area contributed by atoms with Crippen molar-refractivity contribution >= 4 is 5.91 Å². The Morgan fingerprint density at radius 1 is 1.30 bits per heavy atom. The summed E-state index contributed by atoms with van der Waals surface area (Å²) in [5, 5.41) is 2.91. The van der Waals surface area contributed by atoms with E-state index >= 15 is 0 Å². The van der Waals surface area contributed by atoms with Gasteiger partial charge < -0.3 is 14.8 Å². The lowest BCUT2D eigenvalue weighted by molar-refractivity contribution is -0.130. The molecule has 1 unspecified atom stereocenters. The molecule has 0 aliphatic carbocycles. The number of carbonyl (C=O) groups is 1. The van der Waals surface area contributed by atoms with Crippen LogP contribution in [-0.2, 0) is 22.7 Å². The van der Waals surface area contributed by atoms with Gasteiger partial charge in [-0.15, -0.1) is 0 Å². The van der Waals surface area contributed by atoms with Crippen LogP contribution >= 0.6 is 0 Å². The molecular weight excluding hydrogens is 292 g/mol. The Morgan fingerprint density at radius 3 is 3.04 bits per heavy atom. The highest BCUT2D eigenvalue weighted by atomic mass is 16.5. The van der Waals surface area contributed by atoms with Crippen LogP contribution in [0.4, 0.5) is 0 Å². The number of nitrogens with zero attached hydrogens (tertiary/aromatic N) is 1. The molecule has 1 amide bonds. The van der Waals surface area contributed by atoms with Crippen LogP contribution in [0.2, 0.25) is 0 Å². The minimum atomic E-state index is -0.293. The van der Waals surface area contributed by atoms with Crippen molar-refractivity contribution in [3.8, 4) is 5.75 Å². The molecule has 1 fully saturated rings. The van der Waals surface area contributed by atoms with Gasteiger partial charge in [0.2, 0.25) is 5.91 Å². The Bertz CT molecular complexity index is 640. The summed E-state index contributed by atoms with van der Waals surface area (Å²) in [5.41, 5.74) is 1.87. The topological polar surface area (TPSA) is 60.5 Å². The molecule has 3 rings (SSSR count). The zero-order valence-corrected chi connectivity index (χ0v) is 12.9. The van der Waals surface area contributed by atoms with E-state index in [1.54, 1.807) is 6.20 Å². The van der Waals surface area contributed by atoms with E-state index in [2.05, 4.69) is 10.3 Å². The van der Waals surface area contributed by atoms with E-state index < -0.39 is 0 Å². The molecule has 1 saturated heterocycles. The molecule has 2 aromatic rings. The van der Waals surface area contributed by atoms with E-state index in [0.29, 0.717) is 19.8 Å². The first kappa shape index (κ1) is 15.5. The summed E-state index contributed by atoms with van der Waals surface area (Å²) in [7, 11) is 0. The summed E-state index contributed by atoms with van der Waals surface area (Å²) in [6, 6.07) is 13.4. The monoisotopic (exact) mass is 312 g/mol. The number of pyridine rings is 1. The summed E-state index contributed by atoms with van der Waals surface area (Å²) >= 11 is 0. The van der Waals surface area contributed by atoms with E-state index in [1.165, 1.54) is 0 Å². The van der Waals surface area contributed by atoms with Gasteiger partial charge in [0, 0.05) is 19.3 Å². The van der Waals surface area contributed by atoms with Crippen LogP contribution < -0.4 is 10.1 Å². The summed E-state index contributed by atoms with van der Waals surface area (Å²) in [4.78, 5) is 16.2. The number of amides is 1. The quantitative estimate of drug-likeness (QED) is 0.890. The second kappa shape index (κ2) is 7.74. The molecular formula is C18H20N2O3. The lowest BCUT2D eigenvalue weighted by Crippen LogP contribution is -2.33. The van der Waals surface area contributed by atoms with Crippen LogP contribution in [0.1, 0.15) is 24.1 Å². The third-order valence-electron chi connectivity index (χ3n) is 3.70. The maximum absolute atomic E-state index is 11.9. The highest BCUT2D eigenvalue weighted by Gasteiger charge is 2.22. The van der Waals surface area contributed by atoms with E-state index in [9.17, 15) is 4.79 Å². The Morgan fingerprint density at radius 2 is 2.26 bits per heavy atom. The van der Waals surface area contributed by atoms with Gasteiger partial charge in [-0.1, -0.05) is 18.2 Å². The molecule has 0 saturated carbocycles. The second-order valence-corrected chi connectivity index (χ2v) is 5.48. The highest BCUT2D eigenvalue weighted by molar-refractivity contribution is 5.80. The van der Waals surface area contributed by atoms with Gasteiger partial charge in [-0.05, 0) is 42.7 Å². The Balaban J connectivity index is 1.51. The number of nitrogens with one attached hydrogen (secondary N) is 1. The van der Waals surface area contributed by atoms with Gasteiger partial charge in [0.05, 0.1) is 5.69 Å². The average Bonchev–Trinajstić information content (AvgIpc) is 3.14. The molecule has 0 radical (unpaired) electrons. The van der Waals surface area contributed by atoms with E-state index in [4.69, 9.17) is 9.47 Å². The maximum Gasteiger partial charge on any atom is 0.249 e. The molecule has 120 valence electrons. The zero-order valence-electron chi connectivity index (χ0n) is 12.9. The van der Waals surface area contributed by atoms with Crippen molar-refractivity contribution in [3.05, 3.63) is 59.9 Å². The minimum absolute atomic E-state index is 0.0395. The predicted octanol–water partition coefficient (Wildman–Crippen LogP) is 2.46. The Hall–Kier alpha value is -2.40. The third-order valence-corrected chi connectivity index (χ3v) is 3.70. The van der Waals surface area contributed by atoms with Crippen molar-refractivity contribution in [1.29, 1.82) is 0 Å². The first-order chi connectivity index (χ1) is 11.3. The smallest absolute Gasteiger partial charge is 0.249 e. The molecule has 0 bridgehead atoms. The molecule has 1 aliphatic rings. The van der Waals surface area contributed by atoms with Crippen molar-refractivity contribution in [2.24, 2.45) is 0 Å². The first-order valence-electron chi connectivity index (χ1n) is 7.82. The van der Waals surface area contributed by atoms with Gasteiger partial charge in [0.15, 0.2) is 0 Å². The van der Waals surface area contributed by atoms with Crippen LogP contribution in [-0.4, -0.2) is 23.6 Å². The van der Waals surface area contributed by atoms with E-state index in [1.807, 2.05) is 42.5 Å². The fourth-order valence-corrected chi connectivity index (χ4v) is 2.47. The predicted molar refractivity (Wildman–Crippen MR) is 85.8 cm³/mol. The van der Waals surface area contributed by atoms with Gasteiger partial charge >= 0.3 is 0 Å². The molecule has 5 heteroatoms.